The van der Waals surface area contributed by atoms with Crippen LogP contribution in [0.2, 0.25) is 0 Å². The predicted molar refractivity (Wildman–Crippen MR) is 298 cm³/mol. The van der Waals surface area contributed by atoms with Crippen LogP contribution >= 0.6 is 0 Å². The molecule has 3 aromatic heterocycles. The molecule has 0 amide bonds. The molecule has 0 N–H and O–H groups in total. The van der Waals surface area contributed by atoms with Gasteiger partial charge in [0.15, 0.2) is 34.9 Å². The number of hydrogen-bond donors (Lipinski definition) is 0. The molecule has 8 nitrogen and oxygen atoms in total. The van der Waals surface area contributed by atoms with E-state index in [4.69, 9.17) is 34.6 Å². The Balaban J connectivity index is 1.04. The van der Waals surface area contributed by atoms with Crippen LogP contribution in [0.5, 0.6) is 11.5 Å². The number of fused-ring (bicyclic) bond motifs is 12. The molecule has 1 aliphatic carbocycles. The molecule has 0 saturated carbocycles. The highest BCUT2D eigenvalue weighted by atomic mass is 16.5. The fraction of sp³-hybridized carbons (Fsp3) is 0.0149. The Bertz CT molecular complexity index is 4260. The Hall–Kier alpha value is -10.2. The Morgan fingerprint density at radius 3 is 1.37 bits per heavy atom. The zero-order valence-corrected chi connectivity index (χ0v) is 40.2. The average molecular weight is 960 g/mol. The number of nitrogens with zero attached hydrogens (tertiary/aromatic N) is 7. The van der Waals surface area contributed by atoms with Gasteiger partial charge in [-0.1, -0.05) is 194 Å². The average Bonchev–Trinajstić information content (AvgIpc) is 3.97. The van der Waals surface area contributed by atoms with Crippen molar-refractivity contribution in [3.63, 3.8) is 0 Å². The van der Waals surface area contributed by atoms with E-state index in [2.05, 4.69) is 132 Å². The van der Waals surface area contributed by atoms with E-state index in [1.165, 1.54) is 10.8 Å². The molecule has 10 aromatic carbocycles. The van der Waals surface area contributed by atoms with Gasteiger partial charge in [0, 0.05) is 55.4 Å². The van der Waals surface area contributed by atoms with E-state index in [1.807, 2.05) is 121 Å². The molecular weight excluding hydrogens is 919 g/mol. The first kappa shape index (κ1) is 42.5. The molecular formula is C67H41N7O. The summed E-state index contributed by atoms with van der Waals surface area (Å²) in [5, 5.41) is 2.36. The van der Waals surface area contributed by atoms with Crippen LogP contribution in [0, 0.1) is 0 Å². The molecule has 8 heteroatoms. The maximum atomic E-state index is 7.42. The summed E-state index contributed by atoms with van der Waals surface area (Å²) in [6.07, 6.45) is 0. The Morgan fingerprint density at radius 2 is 0.773 bits per heavy atom. The van der Waals surface area contributed by atoms with Crippen molar-refractivity contribution in [2.45, 2.75) is 5.41 Å². The second kappa shape index (κ2) is 17.0. The number of ether oxygens (including phenoxy) is 1. The zero-order valence-electron chi connectivity index (χ0n) is 40.2. The first-order valence-corrected chi connectivity index (χ1v) is 25.1. The van der Waals surface area contributed by atoms with E-state index in [9.17, 15) is 0 Å². The quantitative estimate of drug-likeness (QED) is 0.157. The van der Waals surface area contributed by atoms with Crippen LogP contribution < -0.4 is 4.74 Å². The molecule has 13 aromatic rings. The summed E-state index contributed by atoms with van der Waals surface area (Å²) in [4.78, 5) is 31.1. The molecule has 75 heavy (non-hydrogen) atoms. The van der Waals surface area contributed by atoms with Crippen molar-refractivity contribution in [1.29, 1.82) is 0 Å². The summed E-state index contributed by atoms with van der Waals surface area (Å²) in [5.74, 6) is 4.76. The van der Waals surface area contributed by atoms with Crippen LogP contribution in [0.25, 0.3) is 107 Å². The molecule has 15 rings (SSSR count). The smallest absolute Gasteiger partial charge is 0.167 e. The minimum atomic E-state index is -0.928. The number of hydrogen-bond acceptors (Lipinski definition) is 7. The highest BCUT2D eigenvalue weighted by Gasteiger charge is 2.52. The van der Waals surface area contributed by atoms with Crippen LogP contribution in [0.4, 0.5) is 0 Å². The molecule has 1 unspecified atom stereocenters. The maximum absolute atomic E-state index is 7.42. The van der Waals surface area contributed by atoms with E-state index in [1.54, 1.807) is 0 Å². The van der Waals surface area contributed by atoms with Crippen LogP contribution in [-0.2, 0) is 5.41 Å². The topological polar surface area (TPSA) is 91.5 Å². The molecule has 1 aliphatic heterocycles. The Kier molecular flexibility index (Phi) is 9.62. The van der Waals surface area contributed by atoms with Crippen LogP contribution in [0.1, 0.15) is 22.3 Å². The second-order valence-electron chi connectivity index (χ2n) is 19.0. The largest absolute Gasteiger partial charge is 0.456 e. The summed E-state index contributed by atoms with van der Waals surface area (Å²) in [7, 11) is 0. The molecule has 350 valence electrons. The monoisotopic (exact) mass is 959 g/mol. The van der Waals surface area contributed by atoms with E-state index in [-0.39, 0.29) is 0 Å². The van der Waals surface area contributed by atoms with Crippen molar-refractivity contribution in [3.05, 3.63) is 271 Å². The van der Waals surface area contributed by atoms with Crippen molar-refractivity contribution in [3.8, 4) is 96.6 Å². The van der Waals surface area contributed by atoms with Crippen molar-refractivity contribution >= 4 is 21.8 Å². The molecule has 4 heterocycles. The zero-order chi connectivity index (χ0) is 49.5. The number of benzene rings is 10. The van der Waals surface area contributed by atoms with Gasteiger partial charge in [-0.2, -0.15) is 0 Å². The third-order valence-electron chi connectivity index (χ3n) is 14.8. The lowest BCUT2D eigenvalue weighted by atomic mass is 9.65. The normalized spacial score (nSPS) is 14.0. The summed E-state index contributed by atoms with van der Waals surface area (Å²) in [6, 6.07) is 86.3. The number of rotatable bonds is 7. The second-order valence-corrected chi connectivity index (χ2v) is 19.0. The van der Waals surface area contributed by atoms with Gasteiger partial charge in [0.2, 0.25) is 0 Å². The third-order valence-corrected chi connectivity index (χ3v) is 14.8. The lowest BCUT2D eigenvalue weighted by Crippen LogP contribution is -2.32. The van der Waals surface area contributed by atoms with Gasteiger partial charge in [0.25, 0.3) is 0 Å². The summed E-state index contributed by atoms with van der Waals surface area (Å²) >= 11 is 0. The molecule has 0 radical (unpaired) electrons. The Morgan fingerprint density at radius 1 is 0.293 bits per heavy atom. The van der Waals surface area contributed by atoms with Gasteiger partial charge in [-0.3, -0.25) is 0 Å². The van der Waals surface area contributed by atoms with E-state index < -0.39 is 5.41 Å². The van der Waals surface area contributed by atoms with Crippen LogP contribution in [-0.4, -0.2) is 34.5 Å². The van der Waals surface area contributed by atoms with Crippen molar-refractivity contribution in [2.75, 3.05) is 0 Å². The summed E-state index contributed by atoms with van der Waals surface area (Å²) in [6.45, 7) is 0. The summed E-state index contributed by atoms with van der Waals surface area (Å²) in [5.41, 5.74) is 14.1. The maximum Gasteiger partial charge on any atom is 0.167 e. The lowest BCUT2D eigenvalue weighted by Gasteiger charge is -2.40. The van der Waals surface area contributed by atoms with Crippen molar-refractivity contribution in [1.82, 2.24) is 34.5 Å². The van der Waals surface area contributed by atoms with Crippen LogP contribution in [0.3, 0.4) is 0 Å². The van der Waals surface area contributed by atoms with E-state index in [0.29, 0.717) is 46.4 Å². The lowest BCUT2D eigenvalue weighted by molar-refractivity contribution is 0.438. The van der Waals surface area contributed by atoms with Gasteiger partial charge in [-0.15, -0.1) is 0 Å². The van der Waals surface area contributed by atoms with Gasteiger partial charge in [-0.05, 0) is 76.9 Å². The fourth-order valence-corrected chi connectivity index (χ4v) is 11.5. The number of para-hydroxylation sites is 3. The Labute approximate surface area is 432 Å². The van der Waals surface area contributed by atoms with Crippen molar-refractivity contribution in [2.24, 2.45) is 0 Å². The van der Waals surface area contributed by atoms with E-state index >= 15 is 0 Å². The van der Waals surface area contributed by atoms with Gasteiger partial charge in [0.05, 0.1) is 22.0 Å². The minimum absolute atomic E-state index is 0.507. The highest BCUT2D eigenvalue weighted by molar-refractivity contribution is 6.12. The predicted octanol–water partition coefficient (Wildman–Crippen LogP) is 15.6. The van der Waals surface area contributed by atoms with Gasteiger partial charge in [0.1, 0.15) is 11.5 Å². The van der Waals surface area contributed by atoms with Crippen LogP contribution in [0.15, 0.2) is 249 Å². The first-order chi connectivity index (χ1) is 37.2. The molecule has 0 saturated heterocycles. The van der Waals surface area contributed by atoms with Gasteiger partial charge < -0.3 is 9.30 Å². The fourth-order valence-electron chi connectivity index (χ4n) is 11.5. The third kappa shape index (κ3) is 6.70. The molecule has 1 spiro atoms. The molecule has 0 bridgehead atoms. The SMILES string of the molecule is c1ccc(-c2nc(-c3ccccc3)nc(-c3ccc4c(c3)C3(c5ccccc5-c5cc6c7ccccc7n(-c7ccccc7)c6cc53)c3cccc(-c5nc(-c6ccccc6)nc(-c6ccccc6)n5)c3O4)n2)cc1. The van der Waals surface area contributed by atoms with Crippen molar-refractivity contribution < 1.29 is 4.74 Å². The number of aromatic nitrogens is 7. The molecule has 0 fully saturated rings. The standard InChI is InChI=1S/C67H41N7O/c1-6-21-42(22-7-1)61-68-62(43-23-8-2-9-24-43)71-65(70-61)46-37-38-59-56(39-46)67(54-35-20-33-50(60(54)75-59)66-72-63(44-25-10-3-11-26-44)69-64(73-66)45-27-12-4-13-28-45)53-34-18-16-31-48(53)51-40-52-49-32-17-19-36-57(49)74(58(52)41-55(51)67)47-29-14-5-15-30-47/h1-41H. The molecule has 2 aliphatic rings. The summed E-state index contributed by atoms with van der Waals surface area (Å²) < 4.78 is 9.82. The van der Waals surface area contributed by atoms with Gasteiger partial charge >= 0.3 is 0 Å². The molecule has 1 atom stereocenters. The highest BCUT2D eigenvalue weighted by Crippen LogP contribution is 2.64. The first-order valence-electron chi connectivity index (χ1n) is 25.1. The minimum Gasteiger partial charge on any atom is -0.456 e. The van der Waals surface area contributed by atoms with E-state index in [0.717, 1.165) is 83.5 Å². The van der Waals surface area contributed by atoms with Gasteiger partial charge in [-0.25, -0.2) is 29.9 Å².